The topological polar surface area (TPSA) is 64.8 Å². The smallest absolute Gasteiger partial charge is 0.259 e. The fourth-order valence-corrected chi connectivity index (χ4v) is 2.55. The average Bonchev–Trinajstić information content (AvgIpc) is 2.37. The van der Waals surface area contributed by atoms with Gasteiger partial charge in [-0.15, -0.1) is 0 Å². The normalized spacial score (nSPS) is 22.6. The standard InChI is InChI=1S/C15H22N2O3/c1-4-19-13-7-5-6-12(16)14(13)15(18)17-8-10(2)20-11(3)9-17/h5-7,10-11H,4,8-9,16H2,1-3H3/t10-,11+. The highest BCUT2D eigenvalue weighted by Gasteiger charge is 2.29. The van der Waals surface area contributed by atoms with Crippen molar-refractivity contribution in [1.82, 2.24) is 4.90 Å². The molecule has 2 atom stereocenters. The molecule has 20 heavy (non-hydrogen) atoms. The number of nitrogens with two attached hydrogens (primary N) is 1. The zero-order valence-electron chi connectivity index (χ0n) is 12.3. The highest BCUT2D eigenvalue weighted by molar-refractivity contribution is 6.02. The van der Waals surface area contributed by atoms with Crippen LogP contribution < -0.4 is 10.5 Å². The lowest BCUT2D eigenvalue weighted by Crippen LogP contribution is -2.48. The van der Waals surface area contributed by atoms with Crippen molar-refractivity contribution in [2.24, 2.45) is 0 Å². The van der Waals surface area contributed by atoms with Crippen LogP contribution in [0.25, 0.3) is 0 Å². The Morgan fingerprint density at radius 1 is 1.40 bits per heavy atom. The number of carbonyl (C=O) groups excluding carboxylic acids is 1. The van der Waals surface area contributed by atoms with Gasteiger partial charge in [0.25, 0.3) is 5.91 Å². The van der Waals surface area contributed by atoms with Crippen LogP contribution in [0.1, 0.15) is 31.1 Å². The third-order valence-electron chi connectivity index (χ3n) is 3.28. The molecule has 0 bridgehead atoms. The van der Waals surface area contributed by atoms with Crippen molar-refractivity contribution < 1.29 is 14.3 Å². The molecule has 1 saturated heterocycles. The molecule has 1 aliphatic rings. The van der Waals surface area contributed by atoms with E-state index in [2.05, 4.69) is 0 Å². The second-order valence-corrected chi connectivity index (χ2v) is 5.12. The number of hydrogen-bond acceptors (Lipinski definition) is 4. The third-order valence-corrected chi connectivity index (χ3v) is 3.28. The number of morpholine rings is 1. The number of anilines is 1. The molecule has 0 radical (unpaired) electrons. The highest BCUT2D eigenvalue weighted by Crippen LogP contribution is 2.27. The zero-order chi connectivity index (χ0) is 14.7. The van der Waals surface area contributed by atoms with E-state index in [0.29, 0.717) is 36.7 Å². The number of nitrogens with zero attached hydrogens (tertiary/aromatic N) is 1. The highest BCUT2D eigenvalue weighted by atomic mass is 16.5. The lowest BCUT2D eigenvalue weighted by molar-refractivity contribution is -0.0586. The van der Waals surface area contributed by atoms with Crippen LogP contribution in [0, 0.1) is 0 Å². The van der Waals surface area contributed by atoms with Crippen LogP contribution in [0.15, 0.2) is 18.2 Å². The van der Waals surface area contributed by atoms with Crippen molar-refractivity contribution in [3.8, 4) is 5.75 Å². The van der Waals surface area contributed by atoms with Crippen molar-refractivity contribution in [2.45, 2.75) is 33.0 Å². The first-order valence-corrected chi connectivity index (χ1v) is 6.99. The van der Waals surface area contributed by atoms with Gasteiger partial charge in [-0.25, -0.2) is 0 Å². The summed E-state index contributed by atoms with van der Waals surface area (Å²) in [6.45, 7) is 7.46. The van der Waals surface area contributed by atoms with E-state index in [-0.39, 0.29) is 18.1 Å². The van der Waals surface area contributed by atoms with Crippen LogP contribution in [0.2, 0.25) is 0 Å². The Labute approximate surface area is 119 Å². The van der Waals surface area contributed by atoms with Crippen LogP contribution in [0.4, 0.5) is 5.69 Å². The van der Waals surface area contributed by atoms with Gasteiger partial charge in [-0.05, 0) is 32.9 Å². The van der Waals surface area contributed by atoms with Crippen LogP contribution in [0.5, 0.6) is 5.75 Å². The molecular weight excluding hydrogens is 256 g/mol. The summed E-state index contributed by atoms with van der Waals surface area (Å²) < 4.78 is 11.2. The first kappa shape index (κ1) is 14.7. The predicted octanol–water partition coefficient (Wildman–Crippen LogP) is 1.92. The van der Waals surface area contributed by atoms with E-state index in [0.717, 1.165) is 0 Å². The summed E-state index contributed by atoms with van der Waals surface area (Å²) >= 11 is 0. The number of hydrogen-bond donors (Lipinski definition) is 1. The van der Waals surface area contributed by atoms with E-state index >= 15 is 0 Å². The molecule has 5 heteroatoms. The molecule has 110 valence electrons. The van der Waals surface area contributed by atoms with E-state index in [1.165, 1.54) is 0 Å². The molecule has 1 heterocycles. The predicted molar refractivity (Wildman–Crippen MR) is 77.9 cm³/mol. The minimum Gasteiger partial charge on any atom is -0.493 e. The van der Waals surface area contributed by atoms with Gasteiger partial charge in [-0.3, -0.25) is 4.79 Å². The van der Waals surface area contributed by atoms with Crippen molar-refractivity contribution in [2.75, 3.05) is 25.4 Å². The number of carbonyl (C=O) groups is 1. The largest absolute Gasteiger partial charge is 0.493 e. The summed E-state index contributed by atoms with van der Waals surface area (Å²) in [5.74, 6) is 0.456. The minimum absolute atomic E-state index is 0.0307. The van der Waals surface area contributed by atoms with Gasteiger partial charge >= 0.3 is 0 Å². The molecule has 0 saturated carbocycles. The van der Waals surface area contributed by atoms with Gasteiger partial charge in [-0.1, -0.05) is 6.07 Å². The van der Waals surface area contributed by atoms with Gasteiger partial charge in [0.1, 0.15) is 11.3 Å². The molecule has 2 rings (SSSR count). The Bertz CT molecular complexity index is 480. The molecule has 0 aromatic heterocycles. The number of ether oxygens (including phenoxy) is 2. The molecule has 0 spiro atoms. The van der Waals surface area contributed by atoms with E-state index in [1.54, 1.807) is 23.1 Å². The van der Waals surface area contributed by atoms with Crippen LogP contribution in [-0.4, -0.2) is 42.7 Å². The van der Waals surface area contributed by atoms with Gasteiger partial charge < -0.3 is 20.1 Å². The maximum atomic E-state index is 12.7. The summed E-state index contributed by atoms with van der Waals surface area (Å²) in [6, 6.07) is 5.30. The molecular formula is C15H22N2O3. The monoisotopic (exact) mass is 278 g/mol. The van der Waals surface area contributed by atoms with E-state index in [1.807, 2.05) is 20.8 Å². The van der Waals surface area contributed by atoms with Gasteiger partial charge in [0, 0.05) is 18.8 Å². The summed E-state index contributed by atoms with van der Waals surface area (Å²) in [5, 5.41) is 0. The fraction of sp³-hybridized carbons (Fsp3) is 0.533. The van der Waals surface area contributed by atoms with Gasteiger partial charge in [-0.2, -0.15) is 0 Å². The van der Waals surface area contributed by atoms with E-state index < -0.39 is 0 Å². The van der Waals surface area contributed by atoms with E-state index in [9.17, 15) is 4.79 Å². The summed E-state index contributed by atoms with van der Waals surface area (Å²) in [7, 11) is 0. The van der Waals surface area contributed by atoms with Crippen molar-refractivity contribution in [3.05, 3.63) is 23.8 Å². The molecule has 5 nitrogen and oxygen atoms in total. The Hall–Kier alpha value is -1.75. The summed E-state index contributed by atoms with van der Waals surface area (Å²) in [4.78, 5) is 14.5. The molecule has 2 N–H and O–H groups in total. The van der Waals surface area contributed by atoms with Crippen LogP contribution in [0.3, 0.4) is 0 Å². The molecule has 1 aromatic carbocycles. The fourth-order valence-electron chi connectivity index (χ4n) is 2.55. The van der Waals surface area contributed by atoms with Crippen molar-refractivity contribution in [3.63, 3.8) is 0 Å². The van der Waals surface area contributed by atoms with Crippen LogP contribution in [-0.2, 0) is 4.74 Å². The Kier molecular flexibility index (Phi) is 4.49. The summed E-state index contributed by atoms with van der Waals surface area (Å²) in [5.41, 5.74) is 6.88. The Morgan fingerprint density at radius 3 is 2.65 bits per heavy atom. The first-order chi connectivity index (χ1) is 9.52. The zero-order valence-corrected chi connectivity index (χ0v) is 12.3. The molecule has 0 aliphatic carbocycles. The number of nitrogen functional groups attached to an aromatic ring is 1. The minimum atomic E-state index is -0.0893. The number of amides is 1. The summed E-state index contributed by atoms with van der Waals surface area (Å²) in [6.07, 6.45) is 0.0614. The maximum Gasteiger partial charge on any atom is 0.259 e. The van der Waals surface area contributed by atoms with Gasteiger partial charge in [0.15, 0.2) is 0 Å². The van der Waals surface area contributed by atoms with Gasteiger partial charge in [0.2, 0.25) is 0 Å². The number of benzene rings is 1. The molecule has 0 unspecified atom stereocenters. The van der Waals surface area contributed by atoms with Gasteiger partial charge in [0.05, 0.1) is 18.8 Å². The van der Waals surface area contributed by atoms with Crippen molar-refractivity contribution in [1.29, 1.82) is 0 Å². The third kappa shape index (κ3) is 3.04. The second kappa shape index (κ2) is 6.13. The Morgan fingerprint density at radius 2 is 2.05 bits per heavy atom. The molecule has 1 fully saturated rings. The molecule has 1 aromatic rings. The number of rotatable bonds is 3. The lowest BCUT2D eigenvalue weighted by atomic mass is 10.1. The van der Waals surface area contributed by atoms with E-state index in [4.69, 9.17) is 15.2 Å². The first-order valence-electron chi connectivity index (χ1n) is 6.99. The van der Waals surface area contributed by atoms with Crippen molar-refractivity contribution >= 4 is 11.6 Å². The Balaban J connectivity index is 2.28. The SMILES string of the molecule is CCOc1cccc(N)c1C(=O)N1C[C@@H](C)O[C@@H](C)C1. The molecule has 1 amide bonds. The second-order valence-electron chi connectivity index (χ2n) is 5.12. The lowest BCUT2D eigenvalue weighted by Gasteiger charge is -2.35. The molecule has 1 aliphatic heterocycles. The quantitative estimate of drug-likeness (QED) is 0.858. The van der Waals surface area contributed by atoms with Crippen LogP contribution >= 0.6 is 0 Å². The maximum absolute atomic E-state index is 12.7. The average molecular weight is 278 g/mol.